The number of ether oxygens (including phenoxy) is 1. The largest absolute Gasteiger partial charge is 0.398 e. The maximum absolute atomic E-state index is 6.18. The average Bonchev–Trinajstić information content (AvgIpc) is 2.77. The van der Waals surface area contributed by atoms with Crippen LogP contribution >= 0.6 is 0 Å². The highest BCUT2D eigenvalue weighted by Crippen LogP contribution is 2.27. The minimum Gasteiger partial charge on any atom is -0.398 e. The fraction of sp³-hybridized carbons (Fsp3) is 0.412. The van der Waals surface area contributed by atoms with Crippen molar-refractivity contribution in [3.05, 3.63) is 42.0 Å². The van der Waals surface area contributed by atoms with Crippen molar-refractivity contribution in [2.45, 2.75) is 38.5 Å². The molecule has 3 N–H and O–H groups in total. The predicted octanol–water partition coefficient (Wildman–Crippen LogP) is 3.08. The standard InChI is InChI=1S/C17H22N2O/c1-12-17(2,7-8-20-12)19-11-15-9-13-5-3-4-6-14(13)10-16(15)18/h3-6,9-10,12,19H,7-8,11,18H2,1-2H3. The van der Waals surface area contributed by atoms with E-state index in [-0.39, 0.29) is 11.6 Å². The zero-order valence-corrected chi connectivity index (χ0v) is 12.1. The number of rotatable bonds is 3. The third-order valence-corrected chi connectivity index (χ3v) is 4.58. The van der Waals surface area contributed by atoms with E-state index in [1.807, 2.05) is 6.07 Å². The molecule has 106 valence electrons. The lowest BCUT2D eigenvalue weighted by atomic mass is 9.94. The lowest BCUT2D eigenvalue weighted by Crippen LogP contribution is -2.47. The van der Waals surface area contributed by atoms with Crippen LogP contribution in [-0.4, -0.2) is 18.2 Å². The molecule has 1 fully saturated rings. The molecule has 0 saturated carbocycles. The zero-order chi connectivity index (χ0) is 14.2. The summed E-state index contributed by atoms with van der Waals surface area (Å²) in [6.07, 6.45) is 1.28. The summed E-state index contributed by atoms with van der Waals surface area (Å²) in [5.41, 5.74) is 8.23. The van der Waals surface area contributed by atoms with Gasteiger partial charge >= 0.3 is 0 Å². The van der Waals surface area contributed by atoms with Gasteiger partial charge in [0.2, 0.25) is 0 Å². The Labute approximate surface area is 120 Å². The molecule has 0 aliphatic carbocycles. The van der Waals surface area contributed by atoms with E-state index in [0.29, 0.717) is 0 Å². The summed E-state index contributed by atoms with van der Waals surface area (Å²) in [5.74, 6) is 0. The van der Waals surface area contributed by atoms with E-state index >= 15 is 0 Å². The first-order valence-electron chi connectivity index (χ1n) is 7.22. The highest BCUT2D eigenvalue weighted by atomic mass is 16.5. The summed E-state index contributed by atoms with van der Waals surface area (Å²) in [6.45, 7) is 5.96. The molecule has 3 rings (SSSR count). The topological polar surface area (TPSA) is 47.3 Å². The van der Waals surface area contributed by atoms with Gasteiger partial charge in [0.1, 0.15) is 0 Å². The lowest BCUT2D eigenvalue weighted by Gasteiger charge is -2.29. The van der Waals surface area contributed by atoms with E-state index in [1.165, 1.54) is 10.8 Å². The van der Waals surface area contributed by atoms with Gasteiger partial charge in [-0.15, -0.1) is 0 Å². The Kier molecular flexibility index (Phi) is 3.40. The predicted molar refractivity (Wildman–Crippen MR) is 83.6 cm³/mol. The highest BCUT2D eigenvalue weighted by molar-refractivity contribution is 5.86. The van der Waals surface area contributed by atoms with E-state index in [1.54, 1.807) is 0 Å². The first kappa shape index (κ1) is 13.4. The quantitative estimate of drug-likeness (QED) is 0.843. The average molecular weight is 270 g/mol. The SMILES string of the molecule is CC1OCCC1(C)NCc1cc2ccccc2cc1N. The van der Waals surface area contributed by atoms with Crippen molar-refractivity contribution < 1.29 is 4.74 Å². The van der Waals surface area contributed by atoms with Gasteiger partial charge in [0, 0.05) is 24.4 Å². The number of fused-ring (bicyclic) bond motifs is 1. The smallest absolute Gasteiger partial charge is 0.0726 e. The van der Waals surface area contributed by atoms with E-state index in [4.69, 9.17) is 10.5 Å². The summed E-state index contributed by atoms with van der Waals surface area (Å²) >= 11 is 0. The molecular formula is C17H22N2O. The molecule has 0 bridgehead atoms. The van der Waals surface area contributed by atoms with Crippen LogP contribution in [0, 0.1) is 0 Å². The number of hydrogen-bond donors (Lipinski definition) is 2. The normalized spacial score (nSPS) is 26.2. The second kappa shape index (κ2) is 5.08. The number of hydrogen-bond acceptors (Lipinski definition) is 3. The minimum absolute atomic E-state index is 0.0398. The molecule has 0 radical (unpaired) electrons. The van der Waals surface area contributed by atoms with E-state index in [0.717, 1.165) is 30.8 Å². The van der Waals surface area contributed by atoms with Crippen LogP contribution < -0.4 is 11.1 Å². The third-order valence-electron chi connectivity index (χ3n) is 4.58. The van der Waals surface area contributed by atoms with Gasteiger partial charge in [-0.05, 0) is 48.7 Å². The number of nitrogen functional groups attached to an aromatic ring is 1. The third kappa shape index (κ3) is 2.39. The van der Waals surface area contributed by atoms with Crippen molar-refractivity contribution in [1.29, 1.82) is 0 Å². The van der Waals surface area contributed by atoms with Gasteiger partial charge in [-0.25, -0.2) is 0 Å². The monoisotopic (exact) mass is 270 g/mol. The van der Waals surface area contributed by atoms with Crippen molar-refractivity contribution in [3.63, 3.8) is 0 Å². The van der Waals surface area contributed by atoms with Crippen molar-refractivity contribution in [2.24, 2.45) is 0 Å². The van der Waals surface area contributed by atoms with Crippen molar-refractivity contribution in [2.75, 3.05) is 12.3 Å². The van der Waals surface area contributed by atoms with Crippen LogP contribution in [0.1, 0.15) is 25.8 Å². The van der Waals surface area contributed by atoms with E-state index in [2.05, 4.69) is 49.5 Å². The van der Waals surface area contributed by atoms with Crippen molar-refractivity contribution in [3.8, 4) is 0 Å². The van der Waals surface area contributed by atoms with Crippen LogP contribution in [0.5, 0.6) is 0 Å². The molecule has 1 aliphatic rings. The van der Waals surface area contributed by atoms with Gasteiger partial charge in [0.15, 0.2) is 0 Å². The Morgan fingerprint density at radius 1 is 1.30 bits per heavy atom. The Morgan fingerprint density at radius 2 is 2.00 bits per heavy atom. The van der Waals surface area contributed by atoms with Gasteiger partial charge < -0.3 is 15.8 Å². The second-order valence-corrected chi connectivity index (χ2v) is 5.93. The van der Waals surface area contributed by atoms with Gasteiger partial charge in [-0.1, -0.05) is 24.3 Å². The Hall–Kier alpha value is -1.58. The van der Waals surface area contributed by atoms with Crippen LogP contribution in [0.25, 0.3) is 10.8 Å². The van der Waals surface area contributed by atoms with Crippen LogP contribution in [0.4, 0.5) is 5.69 Å². The molecule has 20 heavy (non-hydrogen) atoms. The first-order valence-corrected chi connectivity index (χ1v) is 7.22. The van der Waals surface area contributed by atoms with Gasteiger partial charge in [0.05, 0.1) is 6.10 Å². The van der Waals surface area contributed by atoms with Crippen LogP contribution in [0.15, 0.2) is 36.4 Å². The van der Waals surface area contributed by atoms with E-state index < -0.39 is 0 Å². The summed E-state index contributed by atoms with van der Waals surface area (Å²) < 4.78 is 5.66. The van der Waals surface area contributed by atoms with Crippen LogP contribution in [-0.2, 0) is 11.3 Å². The summed E-state index contributed by atoms with van der Waals surface area (Å²) in [5, 5.41) is 6.05. The number of nitrogens with two attached hydrogens (primary N) is 1. The van der Waals surface area contributed by atoms with Crippen LogP contribution in [0.3, 0.4) is 0 Å². The summed E-state index contributed by atoms with van der Waals surface area (Å²) in [4.78, 5) is 0. The molecule has 0 aromatic heterocycles. The van der Waals surface area contributed by atoms with E-state index in [9.17, 15) is 0 Å². The van der Waals surface area contributed by atoms with Gasteiger partial charge in [-0.3, -0.25) is 0 Å². The fourth-order valence-electron chi connectivity index (χ4n) is 2.82. The molecule has 0 spiro atoms. The molecule has 2 atom stereocenters. The van der Waals surface area contributed by atoms with Crippen molar-refractivity contribution in [1.82, 2.24) is 5.32 Å². The highest BCUT2D eigenvalue weighted by Gasteiger charge is 2.36. The van der Waals surface area contributed by atoms with Crippen molar-refractivity contribution >= 4 is 16.5 Å². The van der Waals surface area contributed by atoms with Gasteiger partial charge in [-0.2, -0.15) is 0 Å². The number of benzene rings is 2. The molecule has 3 heteroatoms. The molecule has 1 aliphatic heterocycles. The maximum Gasteiger partial charge on any atom is 0.0726 e. The number of anilines is 1. The summed E-state index contributed by atoms with van der Waals surface area (Å²) in [6, 6.07) is 12.6. The second-order valence-electron chi connectivity index (χ2n) is 5.93. The molecule has 0 amide bonds. The molecule has 2 unspecified atom stereocenters. The zero-order valence-electron chi connectivity index (χ0n) is 12.1. The number of nitrogens with one attached hydrogen (secondary N) is 1. The molecule has 3 nitrogen and oxygen atoms in total. The molecule has 2 aromatic rings. The Morgan fingerprint density at radius 3 is 2.65 bits per heavy atom. The minimum atomic E-state index is 0.0398. The molecule has 2 aromatic carbocycles. The molecule has 1 saturated heterocycles. The van der Waals surface area contributed by atoms with Crippen LogP contribution in [0.2, 0.25) is 0 Å². The lowest BCUT2D eigenvalue weighted by molar-refractivity contribution is 0.0882. The Balaban J connectivity index is 1.82. The first-order chi connectivity index (χ1) is 9.58. The maximum atomic E-state index is 6.18. The molecular weight excluding hydrogens is 248 g/mol. The van der Waals surface area contributed by atoms with Gasteiger partial charge in [0.25, 0.3) is 0 Å². The molecule has 1 heterocycles. The fourth-order valence-corrected chi connectivity index (χ4v) is 2.82. The summed E-state index contributed by atoms with van der Waals surface area (Å²) in [7, 11) is 0. The Bertz CT molecular complexity index is 625.